The predicted molar refractivity (Wildman–Crippen MR) is 146 cm³/mol. The van der Waals surface area contributed by atoms with Crippen LogP contribution >= 0.6 is 0 Å². The normalized spacial score (nSPS) is 15.0. The summed E-state index contributed by atoms with van der Waals surface area (Å²) in [6, 6.07) is 7.11. The summed E-state index contributed by atoms with van der Waals surface area (Å²) in [5.41, 5.74) is 2.47. The molecule has 2 saturated carbocycles. The number of alkyl halides is 3. The Morgan fingerprint density at radius 1 is 1.05 bits per heavy atom. The molecule has 4 aromatic rings. The lowest BCUT2D eigenvalue weighted by Crippen LogP contribution is -2.15. The molecule has 0 spiro atoms. The maximum atomic E-state index is 13.4. The fourth-order valence-corrected chi connectivity index (χ4v) is 4.90. The van der Waals surface area contributed by atoms with Gasteiger partial charge in [0.05, 0.1) is 25.6 Å². The number of methoxy groups -OCH3 is 2. The molecule has 0 saturated heterocycles. The van der Waals surface area contributed by atoms with Crippen molar-refractivity contribution in [1.82, 2.24) is 29.5 Å². The first kappa shape index (κ1) is 27.6. The predicted octanol–water partition coefficient (Wildman–Crippen LogP) is 5.74. The number of aromatic nitrogens is 6. The zero-order valence-corrected chi connectivity index (χ0v) is 23.2. The van der Waals surface area contributed by atoms with Gasteiger partial charge in [0.25, 0.3) is 0 Å². The van der Waals surface area contributed by atoms with E-state index in [1.165, 1.54) is 20.5 Å². The maximum Gasteiger partial charge on any atom is 0.434 e. The smallest absolute Gasteiger partial charge is 0.434 e. The molecule has 6 rings (SSSR count). The van der Waals surface area contributed by atoms with Gasteiger partial charge in [-0.2, -0.15) is 13.2 Å². The molecule has 13 heteroatoms. The molecule has 2 aliphatic carbocycles. The highest BCUT2D eigenvalue weighted by Crippen LogP contribution is 2.45. The van der Waals surface area contributed by atoms with Crippen molar-refractivity contribution in [2.24, 2.45) is 0 Å². The van der Waals surface area contributed by atoms with Crippen LogP contribution in [0.2, 0.25) is 0 Å². The van der Waals surface area contributed by atoms with Crippen molar-refractivity contribution in [3.8, 4) is 28.7 Å². The van der Waals surface area contributed by atoms with Crippen LogP contribution in [0.4, 0.5) is 19.0 Å². The monoisotopic (exact) mass is 579 g/mol. The number of hydrogen-bond donors (Lipinski definition) is 1. The van der Waals surface area contributed by atoms with Crippen LogP contribution in [0.25, 0.3) is 22.8 Å². The molecule has 1 aromatic carbocycles. The molecule has 0 bridgehead atoms. The fraction of sp³-hybridized carbons (Fsp3) is 0.379. The molecule has 2 fully saturated rings. The minimum atomic E-state index is -4.51. The zero-order valence-electron chi connectivity index (χ0n) is 23.2. The van der Waals surface area contributed by atoms with Gasteiger partial charge >= 0.3 is 12.1 Å². The van der Waals surface area contributed by atoms with Crippen LogP contribution in [0.1, 0.15) is 70.6 Å². The number of rotatable bonds is 9. The highest BCUT2D eigenvalue weighted by atomic mass is 19.4. The Morgan fingerprint density at radius 2 is 1.79 bits per heavy atom. The number of aryl methyl sites for hydroxylation is 1. The van der Waals surface area contributed by atoms with E-state index in [0.29, 0.717) is 34.3 Å². The van der Waals surface area contributed by atoms with Crippen LogP contribution in [0.5, 0.6) is 5.88 Å². The number of anilines is 1. The number of carbonyl (C=O) groups is 1. The first-order valence-electron chi connectivity index (χ1n) is 13.5. The molecular formula is C29H28F3N7O3. The summed E-state index contributed by atoms with van der Waals surface area (Å²) in [7, 11) is 2.80. The van der Waals surface area contributed by atoms with E-state index in [-0.39, 0.29) is 29.9 Å². The molecule has 0 aliphatic heterocycles. The lowest BCUT2D eigenvalue weighted by molar-refractivity contribution is -0.140. The van der Waals surface area contributed by atoms with Crippen LogP contribution in [0.3, 0.4) is 0 Å². The summed E-state index contributed by atoms with van der Waals surface area (Å²) in [5, 5.41) is 3.22. The first-order chi connectivity index (χ1) is 20.2. The quantitative estimate of drug-likeness (QED) is 0.248. The second kappa shape index (κ2) is 10.7. The van der Waals surface area contributed by atoms with E-state index in [9.17, 15) is 18.0 Å². The topological polar surface area (TPSA) is 117 Å². The Balaban J connectivity index is 1.30. The highest BCUT2D eigenvalue weighted by Gasteiger charge is 2.37. The van der Waals surface area contributed by atoms with Crippen LogP contribution in [0, 0.1) is 6.92 Å². The molecule has 3 aromatic heterocycles. The third-order valence-corrected chi connectivity index (χ3v) is 7.34. The lowest BCUT2D eigenvalue weighted by Gasteiger charge is -2.16. The number of carbonyl (C=O) groups excluding carboxylic acids is 1. The third-order valence-electron chi connectivity index (χ3n) is 7.34. The highest BCUT2D eigenvalue weighted by molar-refractivity contribution is 5.96. The second-order valence-corrected chi connectivity index (χ2v) is 10.4. The van der Waals surface area contributed by atoms with Gasteiger partial charge in [-0.15, -0.1) is 0 Å². The number of halogens is 3. The fourth-order valence-electron chi connectivity index (χ4n) is 4.90. The van der Waals surface area contributed by atoms with Crippen LogP contribution in [-0.2, 0) is 17.5 Å². The molecule has 218 valence electrons. The van der Waals surface area contributed by atoms with Crippen LogP contribution < -0.4 is 10.1 Å². The SMILES string of the molecule is COC(=O)c1c(C)nc(-c2c(OC)ncnc2C2CC2)nc1NCc1ccc(-c2nc(C(F)(F)F)cn2C2CC2)cc1. The van der Waals surface area contributed by atoms with Crippen molar-refractivity contribution >= 4 is 11.8 Å². The van der Waals surface area contributed by atoms with Crippen molar-refractivity contribution in [1.29, 1.82) is 0 Å². The van der Waals surface area contributed by atoms with Crippen molar-refractivity contribution in [3.63, 3.8) is 0 Å². The van der Waals surface area contributed by atoms with E-state index < -0.39 is 17.8 Å². The maximum absolute atomic E-state index is 13.4. The van der Waals surface area contributed by atoms with Crippen molar-refractivity contribution in [3.05, 3.63) is 65.0 Å². The largest absolute Gasteiger partial charge is 0.480 e. The van der Waals surface area contributed by atoms with E-state index in [4.69, 9.17) is 14.5 Å². The summed E-state index contributed by atoms with van der Waals surface area (Å²) in [4.78, 5) is 34.6. The number of imidazole rings is 1. The van der Waals surface area contributed by atoms with Crippen LogP contribution in [-0.4, -0.2) is 49.7 Å². The first-order valence-corrected chi connectivity index (χ1v) is 13.5. The average Bonchev–Trinajstić information content (AvgIpc) is 3.93. The number of nitrogens with zero attached hydrogens (tertiary/aromatic N) is 6. The number of benzene rings is 1. The van der Waals surface area contributed by atoms with Crippen molar-refractivity contribution < 1.29 is 27.4 Å². The summed E-state index contributed by atoms with van der Waals surface area (Å²) >= 11 is 0. The molecule has 0 atom stereocenters. The van der Waals surface area contributed by atoms with E-state index in [1.54, 1.807) is 35.8 Å². The number of ether oxygens (including phenoxy) is 2. The third kappa shape index (κ3) is 5.38. The molecule has 42 heavy (non-hydrogen) atoms. The Morgan fingerprint density at radius 3 is 2.40 bits per heavy atom. The molecule has 0 unspecified atom stereocenters. The molecule has 0 radical (unpaired) electrons. The van der Waals surface area contributed by atoms with Gasteiger partial charge in [-0.05, 0) is 38.2 Å². The minimum Gasteiger partial charge on any atom is -0.480 e. The summed E-state index contributed by atoms with van der Waals surface area (Å²) in [6.07, 6.45) is 1.67. The van der Waals surface area contributed by atoms with Gasteiger partial charge in [0.2, 0.25) is 5.88 Å². The van der Waals surface area contributed by atoms with Gasteiger partial charge in [0.15, 0.2) is 11.5 Å². The van der Waals surface area contributed by atoms with E-state index in [0.717, 1.165) is 43.1 Å². The molecule has 3 heterocycles. The average molecular weight is 580 g/mol. The second-order valence-electron chi connectivity index (χ2n) is 10.4. The number of nitrogens with one attached hydrogen (secondary N) is 1. The minimum absolute atomic E-state index is 0.0333. The van der Waals surface area contributed by atoms with Gasteiger partial charge in [-0.1, -0.05) is 24.3 Å². The standard InChI is InChI=1S/C29H28F3N7O3/c1-15-21(28(40)42-3)24(38-25(36-15)22-23(17-8-9-17)34-14-35-27(22)41-2)33-12-16-4-6-18(7-5-16)26-37-20(29(30,31)32)13-39(26)19-10-11-19/h4-7,13-14,17,19H,8-12H2,1-3H3,(H,33,36,38). The van der Waals surface area contributed by atoms with E-state index in [2.05, 4.69) is 25.3 Å². The molecule has 0 amide bonds. The zero-order chi connectivity index (χ0) is 29.6. The Kier molecular flexibility index (Phi) is 7.03. The Labute approximate surface area is 239 Å². The van der Waals surface area contributed by atoms with Gasteiger partial charge in [-0.25, -0.2) is 29.7 Å². The van der Waals surface area contributed by atoms with Crippen LogP contribution in [0.15, 0.2) is 36.8 Å². The van der Waals surface area contributed by atoms with Gasteiger partial charge in [0, 0.05) is 30.3 Å². The summed E-state index contributed by atoms with van der Waals surface area (Å²) in [5.74, 6) is 0.891. The Hall–Kier alpha value is -4.55. The van der Waals surface area contributed by atoms with Gasteiger partial charge in [0.1, 0.15) is 29.1 Å². The Bertz CT molecular complexity index is 1650. The van der Waals surface area contributed by atoms with Crippen molar-refractivity contribution in [2.75, 3.05) is 19.5 Å². The van der Waals surface area contributed by atoms with E-state index in [1.807, 2.05) is 0 Å². The molecule has 1 N–H and O–H groups in total. The molecular weight excluding hydrogens is 551 g/mol. The lowest BCUT2D eigenvalue weighted by atomic mass is 10.1. The number of esters is 1. The van der Waals surface area contributed by atoms with E-state index >= 15 is 0 Å². The molecule has 10 nitrogen and oxygen atoms in total. The molecule has 2 aliphatic rings. The van der Waals surface area contributed by atoms with Crippen molar-refractivity contribution in [2.45, 2.75) is 57.3 Å². The van der Waals surface area contributed by atoms with Gasteiger partial charge in [-0.3, -0.25) is 0 Å². The summed E-state index contributed by atoms with van der Waals surface area (Å²) in [6.45, 7) is 1.96. The number of hydrogen-bond acceptors (Lipinski definition) is 9. The summed E-state index contributed by atoms with van der Waals surface area (Å²) < 4.78 is 52.2. The van der Waals surface area contributed by atoms with Gasteiger partial charge < -0.3 is 19.4 Å².